The zero-order valence-corrected chi connectivity index (χ0v) is 6.38. The average molecular weight is 262 g/mol. The molecule has 0 saturated heterocycles. The van der Waals surface area contributed by atoms with Gasteiger partial charge in [0.25, 0.3) is 0 Å². The van der Waals surface area contributed by atoms with Crippen LogP contribution in [0.25, 0.3) is 0 Å². The van der Waals surface area contributed by atoms with Crippen LogP contribution in [-0.2, 0) is 25.9 Å². The quantitative estimate of drug-likeness (QED) is 0.465. The molecule has 0 aliphatic carbocycles. The van der Waals surface area contributed by atoms with E-state index in [-0.39, 0.29) is 28.5 Å². The molecule has 0 spiro atoms. The van der Waals surface area contributed by atoms with Gasteiger partial charge in [-0.3, -0.25) is 0 Å². The van der Waals surface area contributed by atoms with Crippen LogP contribution in [0.2, 0.25) is 0 Å². The van der Waals surface area contributed by atoms with Gasteiger partial charge in [-0.15, -0.1) is 0 Å². The third kappa shape index (κ3) is 77.6. The van der Waals surface area contributed by atoms with Gasteiger partial charge in [0, 0.05) is 0 Å². The largest absolute Gasteiger partial charge is 2.00 e. The van der Waals surface area contributed by atoms with Crippen LogP contribution >= 0.6 is 11.6 Å². The number of rotatable bonds is 0. The van der Waals surface area contributed by atoms with Crippen LogP contribution in [0.4, 0.5) is 0 Å². The maximum Gasteiger partial charge on any atom is 2.00 e. The summed E-state index contributed by atoms with van der Waals surface area (Å²) in [6.45, 7) is 0. The van der Waals surface area contributed by atoms with Gasteiger partial charge < -0.3 is 23.8 Å². The van der Waals surface area contributed by atoms with Crippen LogP contribution in [0.1, 0.15) is 0 Å². The molecule has 0 rings (SSSR count). The van der Waals surface area contributed by atoms with Crippen molar-refractivity contribution < 1.29 is 25.9 Å². The summed E-state index contributed by atoms with van der Waals surface area (Å²) in [5, 5.41) is 0. The van der Waals surface area contributed by atoms with Crippen LogP contribution < -0.4 is 0 Å². The van der Waals surface area contributed by atoms with E-state index in [0.29, 0.717) is 0 Å². The van der Waals surface area contributed by atoms with Gasteiger partial charge in [-0.2, -0.15) is 5.75 Å². The molecule has 0 atom stereocenters. The Morgan fingerprint density at radius 1 is 1.60 bits per heavy atom. The topological polar surface area (TPSA) is 17.1 Å². The molecular formula is C2H3ClOW. The van der Waals surface area contributed by atoms with Crippen molar-refractivity contribution in [3.05, 3.63) is 7.43 Å². The van der Waals surface area contributed by atoms with Crippen molar-refractivity contribution in [2.75, 3.05) is 0 Å². The predicted octanol–water partition coefficient (Wildman–Crippen LogP) is 0.740. The van der Waals surface area contributed by atoms with Crippen LogP contribution in [0, 0.1) is 7.43 Å². The molecule has 0 unspecified atom stereocenters. The summed E-state index contributed by atoms with van der Waals surface area (Å²) in [6.07, 6.45) is 0. The molecular weight excluding hydrogens is 259 g/mol. The van der Waals surface area contributed by atoms with Crippen molar-refractivity contribution in [2.24, 2.45) is 0 Å². The van der Waals surface area contributed by atoms with Gasteiger partial charge in [-0.25, -0.2) is 0 Å². The minimum atomic E-state index is 0. The monoisotopic (exact) mass is 262 g/mol. The predicted molar refractivity (Wildman–Crippen MR) is 18.0 cm³/mol. The molecule has 0 N–H and O–H groups in total. The average Bonchev–Trinajstić information content (AvgIpc) is 0.918. The molecule has 0 fully saturated rings. The van der Waals surface area contributed by atoms with Gasteiger partial charge in [0.05, 0.1) is 0 Å². The number of halogens is 1. The summed E-state index contributed by atoms with van der Waals surface area (Å²) >= 11 is 4.19. The van der Waals surface area contributed by atoms with Gasteiger partial charge in [-0.05, 0) is 0 Å². The first-order valence-corrected chi connectivity index (χ1v) is 0.771. The number of hydrogen-bond acceptors (Lipinski definition) is 1. The molecule has 0 aromatic rings. The summed E-state index contributed by atoms with van der Waals surface area (Å²) in [7, 11) is 0. The Kier molecular flexibility index (Phi) is 79.3. The first kappa shape index (κ1) is 17.4. The van der Waals surface area contributed by atoms with Crippen LogP contribution in [0.3, 0.4) is 0 Å². The Labute approximate surface area is 51.0 Å². The third-order valence-electron chi connectivity index (χ3n) is 0. The fraction of sp³-hybridized carbons (Fsp3) is 0. The maximum atomic E-state index is 8.45. The van der Waals surface area contributed by atoms with Crippen LogP contribution in [0.15, 0.2) is 0 Å². The summed E-state index contributed by atoms with van der Waals surface area (Å²) in [5.41, 5.74) is 0. The van der Waals surface area contributed by atoms with Crippen molar-refractivity contribution in [2.45, 2.75) is 0 Å². The van der Waals surface area contributed by atoms with E-state index in [0.717, 1.165) is 5.75 Å². The molecule has 30 valence electrons. The van der Waals surface area contributed by atoms with Crippen LogP contribution in [-0.4, -0.2) is 5.75 Å². The molecule has 0 aliphatic heterocycles. The van der Waals surface area contributed by atoms with E-state index in [1.807, 2.05) is 0 Å². The molecule has 0 aromatic heterocycles. The second-order valence-electron chi connectivity index (χ2n) is 0.0772. The Hall–Kier alpha value is 0.648. The van der Waals surface area contributed by atoms with Gasteiger partial charge in [0.2, 0.25) is 0 Å². The van der Waals surface area contributed by atoms with E-state index in [1.54, 1.807) is 0 Å². The first-order chi connectivity index (χ1) is 1.41. The minimum Gasteiger partial charge on any atom is -0.525 e. The fourth-order valence-electron chi connectivity index (χ4n) is 0. The first-order valence-electron chi connectivity index (χ1n) is 0.393. The molecule has 0 bridgehead atoms. The van der Waals surface area contributed by atoms with E-state index in [9.17, 15) is 0 Å². The van der Waals surface area contributed by atoms with E-state index >= 15 is 0 Å². The maximum absolute atomic E-state index is 8.45. The van der Waals surface area contributed by atoms with Gasteiger partial charge >= 0.3 is 21.1 Å². The minimum absolute atomic E-state index is 0. The van der Waals surface area contributed by atoms with Gasteiger partial charge in [-0.1, -0.05) is 0 Å². The second-order valence-corrected chi connectivity index (χ2v) is 0.231. The van der Waals surface area contributed by atoms with Crippen molar-refractivity contribution in [1.29, 1.82) is 0 Å². The normalized spacial score (nSPS) is 2.60. The molecule has 0 radical (unpaired) electrons. The van der Waals surface area contributed by atoms with Crippen molar-refractivity contribution >= 4 is 17.3 Å². The van der Waals surface area contributed by atoms with E-state index < -0.39 is 0 Å². The smallest absolute Gasteiger partial charge is 0.525 e. The Morgan fingerprint density at radius 2 is 1.60 bits per heavy atom. The number of carbonyl (C=O) groups excluding carboxylic acids is 1. The van der Waals surface area contributed by atoms with E-state index in [2.05, 4.69) is 11.6 Å². The van der Waals surface area contributed by atoms with Crippen molar-refractivity contribution in [3.8, 4) is 0 Å². The summed E-state index contributed by atoms with van der Waals surface area (Å²) < 4.78 is 0. The molecule has 0 aliphatic rings. The van der Waals surface area contributed by atoms with Crippen LogP contribution in [0.5, 0.6) is 0 Å². The van der Waals surface area contributed by atoms with Gasteiger partial charge in [0.1, 0.15) is 0 Å². The molecule has 3 heteroatoms. The Bertz CT molecular complexity index is 17.1. The standard InChI is InChI=1S/CClO.CH3.W/c2-1-3;;/h;1H3;/q2*-1;+2. The summed E-state index contributed by atoms with van der Waals surface area (Å²) in [4.78, 5) is 8.45. The molecule has 0 aromatic carbocycles. The number of hydrogen-bond donors (Lipinski definition) is 0. The molecule has 5 heavy (non-hydrogen) atoms. The summed E-state index contributed by atoms with van der Waals surface area (Å²) in [6, 6.07) is 0. The van der Waals surface area contributed by atoms with Crippen molar-refractivity contribution in [1.82, 2.24) is 0 Å². The van der Waals surface area contributed by atoms with Gasteiger partial charge in [0.15, 0.2) is 0 Å². The zero-order valence-electron chi connectivity index (χ0n) is 2.69. The fourth-order valence-corrected chi connectivity index (χ4v) is 0. The summed E-state index contributed by atoms with van der Waals surface area (Å²) in [5.74, 6) is 0.972. The Morgan fingerprint density at radius 3 is 1.60 bits per heavy atom. The third-order valence-corrected chi connectivity index (χ3v) is 0. The molecule has 0 saturated carbocycles. The Balaban J connectivity index is -0.0000000200. The molecule has 0 amide bonds. The molecule has 0 heterocycles. The second kappa shape index (κ2) is 22.8. The van der Waals surface area contributed by atoms with Crippen molar-refractivity contribution in [3.63, 3.8) is 0 Å². The molecule has 1 nitrogen and oxygen atoms in total. The SMILES string of the molecule is O=[C-]Cl.[CH3-].[W+2]. The van der Waals surface area contributed by atoms with E-state index in [4.69, 9.17) is 4.79 Å². The zero-order chi connectivity index (χ0) is 2.71. The van der Waals surface area contributed by atoms with E-state index in [1.165, 1.54) is 0 Å².